The Bertz CT molecular complexity index is 642. The molecule has 1 aromatic heterocycles. The van der Waals surface area contributed by atoms with Crippen molar-refractivity contribution in [1.82, 2.24) is 15.1 Å². The average Bonchev–Trinajstić information content (AvgIpc) is 3.10. The number of urea groups is 1. The Labute approximate surface area is 135 Å². The van der Waals surface area contributed by atoms with Crippen molar-refractivity contribution in [3.63, 3.8) is 0 Å². The second-order valence-corrected chi connectivity index (χ2v) is 5.77. The van der Waals surface area contributed by atoms with Crippen LogP contribution in [0.3, 0.4) is 0 Å². The van der Waals surface area contributed by atoms with Crippen molar-refractivity contribution in [2.75, 3.05) is 12.4 Å². The van der Waals surface area contributed by atoms with Gasteiger partial charge in [0.1, 0.15) is 5.75 Å². The molecule has 1 aromatic carbocycles. The van der Waals surface area contributed by atoms with E-state index in [9.17, 15) is 4.79 Å². The fourth-order valence-corrected chi connectivity index (χ4v) is 3.11. The first-order valence-corrected chi connectivity index (χ1v) is 7.97. The highest BCUT2D eigenvalue weighted by Crippen LogP contribution is 2.28. The lowest BCUT2D eigenvalue weighted by molar-refractivity contribution is 0.223. The SMILES string of the molecule is COc1cccc(NC(=O)N[C@@H]2CCCC[C@H]2n2cccn2)c1. The Morgan fingerprint density at radius 1 is 1.30 bits per heavy atom. The van der Waals surface area contributed by atoms with Crippen LogP contribution >= 0.6 is 0 Å². The molecule has 1 fully saturated rings. The highest BCUT2D eigenvalue weighted by Gasteiger charge is 2.28. The third-order valence-electron chi connectivity index (χ3n) is 4.24. The highest BCUT2D eigenvalue weighted by molar-refractivity contribution is 5.89. The number of benzene rings is 1. The predicted octanol–water partition coefficient (Wildman–Crippen LogP) is 3.20. The minimum absolute atomic E-state index is 0.0919. The quantitative estimate of drug-likeness (QED) is 0.910. The first kappa shape index (κ1) is 15.4. The van der Waals surface area contributed by atoms with Crippen LogP contribution in [0.1, 0.15) is 31.7 Å². The number of hydrogen-bond acceptors (Lipinski definition) is 3. The summed E-state index contributed by atoms with van der Waals surface area (Å²) in [6.45, 7) is 0. The van der Waals surface area contributed by atoms with Crippen LogP contribution < -0.4 is 15.4 Å². The van der Waals surface area contributed by atoms with E-state index in [1.54, 1.807) is 19.4 Å². The van der Waals surface area contributed by atoms with Gasteiger partial charge in [-0.25, -0.2) is 4.79 Å². The van der Waals surface area contributed by atoms with E-state index in [1.807, 2.05) is 35.1 Å². The molecule has 2 aromatic rings. The van der Waals surface area contributed by atoms with Crippen molar-refractivity contribution < 1.29 is 9.53 Å². The number of aromatic nitrogens is 2. The van der Waals surface area contributed by atoms with Gasteiger partial charge in [-0.05, 0) is 31.0 Å². The van der Waals surface area contributed by atoms with Crippen molar-refractivity contribution in [1.29, 1.82) is 0 Å². The van der Waals surface area contributed by atoms with Crippen LogP contribution in [-0.2, 0) is 0 Å². The Balaban J connectivity index is 1.63. The minimum Gasteiger partial charge on any atom is -0.497 e. The number of carbonyl (C=O) groups is 1. The molecule has 2 atom stereocenters. The molecular formula is C17H22N4O2. The normalized spacial score (nSPS) is 20.7. The van der Waals surface area contributed by atoms with Crippen LogP contribution in [0.25, 0.3) is 0 Å². The van der Waals surface area contributed by atoms with E-state index < -0.39 is 0 Å². The zero-order chi connectivity index (χ0) is 16.1. The lowest BCUT2D eigenvalue weighted by Crippen LogP contribution is -2.45. The van der Waals surface area contributed by atoms with Crippen LogP contribution in [-0.4, -0.2) is 29.0 Å². The highest BCUT2D eigenvalue weighted by atomic mass is 16.5. The zero-order valence-electron chi connectivity index (χ0n) is 13.2. The van der Waals surface area contributed by atoms with Crippen LogP contribution in [0.5, 0.6) is 5.75 Å². The van der Waals surface area contributed by atoms with Gasteiger partial charge in [0.2, 0.25) is 0 Å². The summed E-state index contributed by atoms with van der Waals surface area (Å²) < 4.78 is 7.12. The third kappa shape index (κ3) is 3.83. The van der Waals surface area contributed by atoms with Gasteiger partial charge in [-0.15, -0.1) is 0 Å². The summed E-state index contributed by atoms with van der Waals surface area (Å²) in [5.74, 6) is 0.717. The number of rotatable bonds is 4. The second-order valence-electron chi connectivity index (χ2n) is 5.77. The lowest BCUT2D eigenvalue weighted by Gasteiger charge is -2.32. The van der Waals surface area contributed by atoms with Crippen molar-refractivity contribution in [3.8, 4) is 5.75 Å². The predicted molar refractivity (Wildman–Crippen MR) is 88.7 cm³/mol. The first-order chi connectivity index (χ1) is 11.3. The fourth-order valence-electron chi connectivity index (χ4n) is 3.11. The van der Waals surface area contributed by atoms with Gasteiger partial charge in [-0.3, -0.25) is 4.68 Å². The number of amides is 2. The summed E-state index contributed by atoms with van der Waals surface area (Å²) in [6.07, 6.45) is 8.04. The van der Waals surface area contributed by atoms with E-state index >= 15 is 0 Å². The number of nitrogens with zero attached hydrogens (tertiary/aromatic N) is 2. The van der Waals surface area contributed by atoms with Crippen molar-refractivity contribution in [3.05, 3.63) is 42.7 Å². The molecule has 1 saturated carbocycles. The molecule has 1 aliphatic rings. The van der Waals surface area contributed by atoms with Gasteiger partial charge < -0.3 is 15.4 Å². The van der Waals surface area contributed by atoms with Crippen LogP contribution in [0, 0.1) is 0 Å². The minimum atomic E-state index is -0.192. The number of methoxy groups -OCH3 is 1. The van der Waals surface area contributed by atoms with E-state index in [0.717, 1.165) is 25.0 Å². The van der Waals surface area contributed by atoms with E-state index in [1.165, 1.54) is 6.42 Å². The number of ether oxygens (including phenoxy) is 1. The molecule has 0 bridgehead atoms. The number of carbonyl (C=O) groups excluding carboxylic acids is 1. The van der Waals surface area contributed by atoms with E-state index in [2.05, 4.69) is 15.7 Å². The van der Waals surface area contributed by atoms with Crippen LogP contribution in [0.4, 0.5) is 10.5 Å². The molecule has 0 spiro atoms. The molecule has 2 N–H and O–H groups in total. The molecule has 0 radical (unpaired) electrons. The molecule has 6 heteroatoms. The Kier molecular flexibility index (Phi) is 4.80. The average molecular weight is 314 g/mol. The van der Waals surface area contributed by atoms with Gasteiger partial charge in [-0.2, -0.15) is 5.10 Å². The van der Waals surface area contributed by atoms with Crippen LogP contribution in [0.2, 0.25) is 0 Å². The molecule has 2 amide bonds. The summed E-state index contributed by atoms with van der Waals surface area (Å²) in [5, 5.41) is 10.3. The number of anilines is 1. The Morgan fingerprint density at radius 3 is 2.96 bits per heavy atom. The van der Waals surface area contributed by atoms with Gasteiger partial charge in [0.15, 0.2) is 0 Å². The Hall–Kier alpha value is -2.50. The molecule has 6 nitrogen and oxygen atoms in total. The lowest BCUT2D eigenvalue weighted by atomic mass is 9.90. The third-order valence-corrected chi connectivity index (χ3v) is 4.24. The summed E-state index contributed by atoms with van der Waals surface area (Å²) >= 11 is 0. The zero-order valence-corrected chi connectivity index (χ0v) is 13.2. The van der Waals surface area contributed by atoms with Crippen LogP contribution in [0.15, 0.2) is 42.7 Å². The van der Waals surface area contributed by atoms with Crippen molar-refractivity contribution >= 4 is 11.7 Å². The topological polar surface area (TPSA) is 68.2 Å². The van der Waals surface area contributed by atoms with E-state index in [4.69, 9.17) is 4.74 Å². The molecule has 1 heterocycles. The van der Waals surface area contributed by atoms with Gasteiger partial charge in [-0.1, -0.05) is 18.9 Å². The summed E-state index contributed by atoms with van der Waals surface area (Å²) in [5.41, 5.74) is 0.716. The van der Waals surface area contributed by atoms with Crippen molar-refractivity contribution in [2.45, 2.75) is 37.8 Å². The molecule has 122 valence electrons. The molecule has 0 aliphatic heterocycles. The van der Waals surface area contributed by atoms with Gasteiger partial charge in [0.25, 0.3) is 0 Å². The van der Waals surface area contributed by atoms with Gasteiger partial charge >= 0.3 is 6.03 Å². The largest absolute Gasteiger partial charge is 0.497 e. The molecule has 23 heavy (non-hydrogen) atoms. The summed E-state index contributed by atoms with van der Waals surface area (Å²) in [4.78, 5) is 12.3. The molecule has 0 unspecified atom stereocenters. The van der Waals surface area contributed by atoms with E-state index in [0.29, 0.717) is 5.69 Å². The summed E-state index contributed by atoms with van der Waals surface area (Å²) in [6, 6.07) is 9.37. The first-order valence-electron chi connectivity index (χ1n) is 7.97. The molecule has 3 rings (SSSR count). The Morgan fingerprint density at radius 2 is 2.17 bits per heavy atom. The van der Waals surface area contributed by atoms with E-state index in [-0.39, 0.29) is 18.1 Å². The number of nitrogens with one attached hydrogen (secondary N) is 2. The maximum atomic E-state index is 12.3. The van der Waals surface area contributed by atoms with Gasteiger partial charge in [0.05, 0.1) is 19.2 Å². The number of hydrogen-bond donors (Lipinski definition) is 2. The van der Waals surface area contributed by atoms with Gasteiger partial charge in [0, 0.05) is 24.1 Å². The maximum absolute atomic E-state index is 12.3. The maximum Gasteiger partial charge on any atom is 0.319 e. The molecule has 0 saturated heterocycles. The molecule has 1 aliphatic carbocycles. The fraction of sp³-hybridized carbons (Fsp3) is 0.412. The second kappa shape index (κ2) is 7.17. The standard InChI is InChI=1S/C17H22N4O2/c1-23-14-7-4-6-13(12-14)19-17(22)20-15-8-2-3-9-16(15)21-11-5-10-18-21/h4-7,10-12,15-16H,2-3,8-9H2,1H3,(H2,19,20,22)/t15-,16-/m1/s1. The van der Waals surface area contributed by atoms with Crippen molar-refractivity contribution in [2.24, 2.45) is 0 Å². The monoisotopic (exact) mass is 314 g/mol. The summed E-state index contributed by atoms with van der Waals surface area (Å²) in [7, 11) is 1.61. The smallest absolute Gasteiger partial charge is 0.319 e. The molecular weight excluding hydrogens is 292 g/mol.